The van der Waals surface area contributed by atoms with Crippen LogP contribution in [-0.4, -0.2) is 11.6 Å². The summed E-state index contributed by atoms with van der Waals surface area (Å²) in [6, 6.07) is 19.4. The van der Waals surface area contributed by atoms with Crippen LogP contribution in [0.2, 0.25) is 0 Å². The number of hydrogen-bond acceptors (Lipinski definition) is 2. The lowest BCUT2D eigenvalue weighted by atomic mass is 9.36. The number of benzene rings is 2. The number of fused-ring (bicyclic) bond motifs is 1. The monoisotopic (exact) mass is 444 g/mol. The second-order valence-electron chi connectivity index (χ2n) is 11.4. The lowest BCUT2D eigenvalue weighted by Gasteiger charge is -2.66. The zero-order chi connectivity index (χ0) is 22.6. The fourth-order valence-electron chi connectivity index (χ4n) is 9.15. The minimum atomic E-state index is -0.268. The Kier molecular flexibility index (Phi) is 3.85. The van der Waals surface area contributed by atoms with Gasteiger partial charge in [-0.2, -0.15) is 0 Å². The van der Waals surface area contributed by atoms with Crippen molar-refractivity contribution in [3.05, 3.63) is 108 Å². The van der Waals surface area contributed by atoms with E-state index in [0.29, 0.717) is 41.4 Å². The molecular formula is C32H28O2. The number of carbonyl (C=O) groups excluding carboxylic acids is 2. The number of Topliss-reactive ketones (excluding diaryl/α,β-unsaturated/α-hetero) is 2. The number of hydrogen-bond donors (Lipinski definition) is 0. The lowest BCUT2D eigenvalue weighted by molar-refractivity contribution is -0.153. The second kappa shape index (κ2) is 6.78. The normalized spacial score (nSPS) is 45.5. The molecule has 0 aliphatic heterocycles. The third-order valence-corrected chi connectivity index (χ3v) is 10.4. The highest BCUT2D eigenvalue weighted by atomic mass is 16.1. The smallest absolute Gasteiger partial charge is 0.167 e. The van der Waals surface area contributed by atoms with Gasteiger partial charge >= 0.3 is 0 Å². The number of ketones is 2. The summed E-state index contributed by atoms with van der Waals surface area (Å²) in [5.74, 6) is 5.11. The summed E-state index contributed by atoms with van der Waals surface area (Å²) in [7, 11) is 0. The van der Waals surface area contributed by atoms with E-state index in [1.54, 1.807) is 0 Å². The highest BCUT2D eigenvalue weighted by molar-refractivity contribution is 6.06. The van der Waals surface area contributed by atoms with Crippen molar-refractivity contribution in [3.63, 3.8) is 0 Å². The molecule has 8 aliphatic carbocycles. The molecule has 2 aromatic rings. The Labute approximate surface area is 200 Å². The predicted octanol–water partition coefficient (Wildman–Crippen LogP) is 5.90. The third-order valence-electron chi connectivity index (χ3n) is 10.4. The number of rotatable bonds is 4. The first-order chi connectivity index (χ1) is 16.7. The van der Waals surface area contributed by atoms with Crippen LogP contribution in [0.15, 0.2) is 97.1 Å². The van der Waals surface area contributed by atoms with Crippen LogP contribution in [0.4, 0.5) is 0 Å². The van der Waals surface area contributed by atoms with Crippen molar-refractivity contribution in [2.45, 2.75) is 0 Å². The van der Waals surface area contributed by atoms with Gasteiger partial charge in [-0.3, -0.25) is 9.59 Å². The standard InChI is InChI=1S/C32H28O2/c33-31(18-7-3-1-4-8-18)28-22-15-16-23(29(28)32(34)19-9-5-2-6-10-19)27-26(22)24-17-11-13-20-21(14-12-17)25(20)30(24)27/h1-17,20-30H/t17?,20-,21+,22-,23+,24-,25?,26-,27-,28+,29+,30+/m0/s1. The number of allylic oxidation sites excluding steroid dienone is 6. The third kappa shape index (κ3) is 2.37. The summed E-state index contributed by atoms with van der Waals surface area (Å²) in [6.45, 7) is 0. The van der Waals surface area contributed by atoms with E-state index in [0.717, 1.165) is 17.0 Å². The molecule has 12 atom stereocenters. The molecule has 2 unspecified atom stereocenters. The molecule has 2 heteroatoms. The lowest BCUT2D eigenvalue weighted by Crippen LogP contribution is -2.65. The summed E-state index contributed by atoms with van der Waals surface area (Å²) in [5, 5.41) is 0. The summed E-state index contributed by atoms with van der Waals surface area (Å²) < 4.78 is 0. The van der Waals surface area contributed by atoms with E-state index in [-0.39, 0.29) is 35.2 Å². The van der Waals surface area contributed by atoms with E-state index in [1.807, 2.05) is 60.7 Å². The van der Waals surface area contributed by atoms with Gasteiger partial charge in [0.15, 0.2) is 11.6 Å². The Morgan fingerprint density at radius 3 is 1.38 bits per heavy atom. The van der Waals surface area contributed by atoms with Gasteiger partial charge < -0.3 is 0 Å². The van der Waals surface area contributed by atoms with Gasteiger partial charge in [0.1, 0.15) is 0 Å². The van der Waals surface area contributed by atoms with E-state index >= 15 is 0 Å². The van der Waals surface area contributed by atoms with Gasteiger partial charge in [-0.25, -0.2) is 0 Å². The molecule has 8 aliphatic rings. The van der Waals surface area contributed by atoms with Crippen LogP contribution in [0.5, 0.6) is 0 Å². The maximum atomic E-state index is 14.1. The summed E-state index contributed by atoms with van der Waals surface area (Å²) in [5.41, 5.74) is 1.50. The molecular weight excluding hydrogens is 416 g/mol. The average Bonchev–Trinajstić information content (AvgIpc) is 3.63. The van der Waals surface area contributed by atoms with Gasteiger partial charge in [0, 0.05) is 23.0 Å². The van der Waals surface area contributed by atoms with Gasteiger partial charge in [0.2, 0.25) is 0 Å². The van der Waals surface area contributed by atoms with Crippen LogP contribution in [0.3, 0.4) is 0 Å². The van der Waals surface area contributed by atoms with Crippen LogP contribution < -0.4 is 0 Å². The molecule has 2 nitrogen and oxygen atoms in total. The molecule has 0 amide bonds. The molecule has 6 bridgehead atoms. The van der Waals surface area contributed by atoms with Crippen LogP contribution in [0.25, 0.3) is 0 Å². The van der Waals surface area contributed by atoms with Crippen molar-refractivity contribution >= 4 is 11.6 Å². The first-order valence-corrected chi connectivity index (χ1v) is 13.0. The highest BCUT2D eigenvalue weighted by Gasteiger charge is 2.72. The summed E-state index contributed by atoms with van der Waals surface area (Å²) >= 11 is 0. The molecule has 0 radical (unpaired) electrons. The van der Waals surface area contributed by atoms with E-state index in [4.69, 9.17) is 0 Å². The number of carbonyl (C=O) groups is 2. The fourth-order valence-corrected chi connectivity index (χ4v) is 9.15. The maximum absolute atomic E-state index is 14.1. The van der Waals surface area contributed by atoms with Crippen molar-refractivity contribution in [2.24, 2.45) is 71.0 Å². The maximum Gasteiger partial charge on any atom is 0.167 e. The molecule has 0 heterocycles. The van der Waals surface area contributed by atoms with Gasteiger partial charge in [-0.05, 0) is 59.2 Å². The van der Waals surface area contributed by atoms with Crippen LogP contribution in [-0.2, 0) is 0 Å². The van der Waals surface area contributed by atoms with Crippen LogP contribution in [0.1, 0.15) is 20.7 Å². The Bertz CT molecular complexity index is 1250. The van der Waals surface area contributed by atoms with Crippen molar-refractivity contribution < 1.29 is 9.59 Å². The summed E-state index contributed by atoms with van der Waals surface area (Å²) in [6.07, 6.45) is 14.6. The Hall–Kier alpha value is -3.00. The molecule has 0 spiro atoms. The molecule has 10 rings (SSSR count). The minimum absolute atomic E-state index is 0.151. The predicted molar refractivity (Wildman–Crippen MR) is 131 cm³/mol. The zero-order valence-corrected chi connectivity index (χ0v) is 19.0. The summed E-state index contributed by atoms with van der Waals surface area (Å²) in [4.78, 5) is 28.1. The molecule has 0 saturated heterocycles. The van der Waals surface area contributed by atoms with Crippen molar-refractivity contribution in [1.82, 2.24) is 0 Å². The topological polar surface area (TPSA) is 34.1 Å². The SMILES string of the molecule is O=C(c1ccccc1)[C@@H]1[C@H]2C=C[C@@H]([C@H]1C(=O)c1ccccc1)[C@@H]1[C@H]3C4[C@H]5C=CC(C=C[C@@H]45)[C@H]3[C@H]21. The highest BCUT2D eigenvalue weighted by Crippen LogP contribution is 2.75. The Balaban J connectivity index is 1.25. The molecule has 3 saturated carbocycles. The Morgan fingerprint density at radius 2 is 0.882 bits per heavy atom. The second-order valence-corrected chi connectivity index (χ2v) is 11.4. The molecule has 34 heavy (non-hydrogen) atoms. The van der Waals surface area contributed by atoms with Gasteiger partial charge in [-0.1, -0.05) is 97.1 Å². The van der Waals surface area contributed by atoms with Gasteiger partial charge in [-0.15, -0.1) is 0 Å². The molecule has 0 N–H and O–H groups in total. The first kappa shape index (κ1) is 19.3. The zero-order valence-electron chi connectivity index (χ0n) is 19.0. The Morgan fingerprint density at radius 1 is 0.441 bits per heavy atom. The fraction of sp³-hybridized carbons (Fsp3) is 0.375. The van der Waals surface area contributed by atoms with Crippen LogP contribution in [0, 0.1) is 71.0 Å². The molecule has 168 valence electrons. The van der Waals surface area contributed by atoms with Crippen LogP contribution >= 0.6 is 0 Å². The quantitative estimate of drug-likeness (QED) is 0.435. The van der Waals surface area contributed by atoms with Crippen molar-refractivity contribution in [2.75, 3.05) is 0 Å². The van der Waals surface area contributed by atoms with E-state index < -0.39 is 0 Å². The largest absolute Gasteiger partial charge is 0.294 e. The van der Waals surface area contributed by atoms with E-state index in [2.05, 4.69) is 36.5 Å². The molecule has 3 fully saturated rings. The molecule has 2 aromatic carbocycles. The van der Waals surface area contributed by atoms with E-state index in [1.165, 1.54) is 0 Å². The van der Waals surface area contributed by atoms with Gasteiger partial charge in [0.25, 0.3) is 0 Å². The average molecular weight is 445 g/mol. The van der Waals surface area contributed by atoms with Crippen molar-refractivity contribution in [3.8, 4) is 0 Å². The minimum Gasteiger partial charge on any atom is -0.294 e. The van der Waals surface area contributed by atoms with Gasteiger partial charge in [0.05, 0.1) is 0 Å². The molecule has 0 aromatic heterocycles. The van der Waals surface area contributed by atoms with Crippen molar-refractivity contribution in [1.29, 1.82) is 0 Å². The van der Waals surface area contributed by atoms with E-state index in [9.17, 15) is 9.59 Å². The first-order valence-electron chi connectivity index (χ1n) is 13.0.